The van der Waals surface area contributed by atoms with Gasteiger partial charge in [0.2, 0.25) is 15.9 Å². The van der Waals surface area contributed by atoms with Crippen molar-refractivity contribution in [3.05, 3.63) is 63.6 Å². The van der Waals surface area contributed by atoms with Crippen LogP contribution in [-0.4, -0.2) is 20.9 Å². The van der Waals surface area contributed by atoms with Gasteiger partial charge in [0.1, 0.15) is 0 Å². The van der Waals surface area contributed by atoms with Gasteiger partial charge in [-0.1, -0.05) is 35.9 Å². The van der Waals surface area contributed by atoms with E-state index < -0.39 is 10.0 Å². The Hall–Kier alpha value is -1.41. The molecule has 2 aromatic carbocycles. The highest BCUT2D eigenvalue weighted by Crippen LogP contribution is 2.20. The Morgan fingerprint density at radius 3 is 2.44 bits per heavy atom. The Morgan fingerprint density at radius 1 is 1.16 bits per heavy atom. The Bertz CT molecular complexity index is 841. The van der Waals surface area contributed by atoms with E-state index in [2.05, 4.69) is 26.0 Å². The first kappa shape index (κ1) is 19.9. The fraction of sp³-hybridized carbons (Fsp3) is 0.235. The van der Waals surface area contributed by atoms with E-state index in [-0.39, 0.29) is 29.8 Å². The van der Waals surface area contributed by atoms with E-state index in [1.165, 1.54) is 6.07 Å². The number of hydrogen-bond donors (Lipinski definition) is 2. The van der Waals surface area contributed by atoms with E-state index in [1.807, 2.05) is 19.1 Å². The van der Waals surface area contributed by atoms with E-state index in [0.717, 1.165) is 5.56 Å². The first-order chi connectivity index (χ1) is 11.8. The molecule has 2 rings (SSSR count). The van der Waals surface area contributed by atoms with Gasteiger partial charge in [-0.2, -0.15) is 0 Å². The van der Waals surface area contributed by atoms with Crippen LogP contribution in [-0.2, 0) is 14.8 Å². The largest absolute Gasteiger partial charge is 0.350 e. The molecule has 0 saturated heterocycles. The number of sulfonamides is 1. The third-order valence-corrected chi connectivity index (χ3v) is 6.24. The average Bonchev–Trinajstić information content (AvgIpc) is 2.55. The molecular formula is C17H18BrClN2O3S. The van der Waals surface area contributed by atoms with Crippen LogP contribution in [0.15, 0.2) is 57.9 Å². The van der Waals surface area contributed by atoms with Crippen molar-refractivity contribution in [2.24, 2.45) is 0 Å². The number of benzene rings is 2. The highest BCUT2D eigenvalue weighted by molar-refractivity contribution is 9.10. The third-order valence-electron chi connectivity index (χ3n) is 3.52. The maximum Gasteiger partial charge on any atom is 0.241 e. The zero-order valence-electron chi connectivity index (χ0n) is 13.5. The molecule has 134 valence electrons. The summed E-state index contributed by atoms with van der Waals surface area (Å²) in [4.78, 5) is 12.1. The lowest BCUT2D eigenvalue weighted by Gasteiger charge is -2.15. The Morgan fingerprint density at radius 2 is 1.80 bits per heavy atom. The molecule has 0 saturated carbocycles. The topological polar surface area (TPSA) is 75.3 Å². The molecule has 0 spiro atoms. The minimum absolute atomic E-state index is 0.0167. The molecule has 1 unspecified atom stereocenters. The smallest absolute Gasteiger partial charge is 0.241 e. The lowest BCUT2D eigenvalue weighted by molar-refractivity contribution is -0.121. The van der Waals surface area contributed by atoms with Gasteiger partial charge in [-0.3, -0.25) is 4.79 Å². The van der Waals surface area contributed by atoms with E-state index >= 15 is 0 Å². The van der Waals surface area contributed by atoms with Crippen molar-refractivity contribution >= 4 is 43.5 Å². The molecule has 0 aromatic heterocycles. The van der Waals surface area contributed by atoms with Crippen LogP contribution >= 0.6 is 27.5 Å². The van der Waals surface area contributed by atoms with Gasteiger partial charge in [0, 0.05) is 22.5 Å². The van der Waals surface area contributed by atoms with Crippen molar-refractivity contribution in [1.82, 2.24) is 10.0 Å². The molecular weight excluding hydrogens is 428 g/mol. The van der Waals surface area contributed by atoms with Crippen LogP contribution in [0.2, 0.25) is 5.02 Å². The van der Waals surface area contributed by atoms with E-state index in [4.69, 9.17) is 11.6 Å². The van der Waals surface area contributed by atoms with Crippen molar-refractivity contribution in [2.45, 2.75) is 24.3 Å². The zero-order valence-corrected chi connectivity index (χ0v) is 16.7. The van der Waals surface area contributed by atoms with Gasteiger partial charge in [0.15, 0.2) is 0 Å². The van der Waals surface area contributed by atoms with Crippen molar-refractivity contribution in [2.75, 3.05) is 6.54 Å². The second-order valence-corrected chi connectivity index (χ2v) is 8.45. The second-order valence-electron chi connectivity index (χ2n) is 5.42. The molecule has 0 bridgehead atoms. The molecule has 0 fully saturated rings. The predicted octanol–water partition coefficient (Wildman–Crippen LogP) is 3.65. The van der Waals surface area contributed by atoms with Crippen LogP contribution < -0.4 is 10.0 Å². The molecule has 0 aliphatic rings. The van der Waals surface area contributed by atoms with Crippen LogP contribution in [0.25, 0.3) is 0 Å². The summed E-state index contributed by atoms with van der Waals surface area (Å²) in [7, 11) is -3.66. The fourth-order valence-corrected chi connectivity index (χ4v) is 4.35. The van der Waals surface area contributed by atoms with Crippen LogP contribution in [0.3, 0.4) is 0 Å². The molecule has 0 radical (unpaired) electrons. The number of carbonyl (C=O) groups is 1. The maximum atomic E-state index is 12.2. The zero-order chi connectivity index (χ0) is 18.4. The Kier molecular flexibility index (Phi) is 7.01. The Balaban J connectivity index is 1.86. The molecule has 2 aromatic rings. The normalized spacial score (nSPS) is 12.6. The summed E-state index contributed by atoms with van der Waals surface area (Å²) >= 11 is 9.05. The van der Waals surface area contributed by atoms with Gasteiger partial charge in [-0.25, -0.2) is 13.1 Å². The number of amides is 1. The number of carbonyl (C=O) groups excluding carboxylic acids is 1. The number of nitrogens with one attached hydrogen (secondary N) is 2. The highest BCUT2D eigenvalue weighted by atomic mass is 79.9. The SMILES string of the molecule is CC(NC(=O)CCNS(=O)(=O)c1ccccc1Br)c1ccc(Cl)cc1. The standard InChI is InChI=1S/C17H18BrClN2O3S/c1-12(13-6-8-14(19)9-7-13)21-17(22)10-11-20-25(23,24)16-5-3-2-4-15(16)18/h2-9,12,20H,10-11H2,1H3,(H,21,22). The molecule has 0 aliphatic heterocycles. The number of rotatable bonds is 7. The molecule has 8 heteroatoms. The summed E-state index contributed by atoms with van der Waals surface area (Å²) in [5.41, 5.74) is 0.923. The third kappa shape index (κ3) is 5.81. The van der Waals surface area contributed by atoms with Crippen LogP contribution in [0.1, 0.15) is 24.9 Å². The van der Waals surface area contributed by atoms with Gasteiger partial charge in [-0.15, -0.1) is 0 Å². The molecule has 0 aliphatic carbocycles. The van der Waals surface area contributed by atoms with Crippen LogP contribution in [0, 0.1) is 0 Å². The van der Waals surface area contributed by atoms with Crippen molar-refractivity contribution in [3.63, 3.8) is 0 Å². The van der Waals surface area contributed by atoms with E-state index in [1.54, 1.807) is 30.3 Å². The monoisotopic (exact) mass is 444 g/mol. The van der Waals surface area contributed by atoms with Crippen molar-refractivity contribution in [3.8, 4) is 0 Å². The summed E-state index contributed by atoms with van der Waals surface area (Å²) in [6, 6.07) is 13.5. The molecule has 25 heavy (non-hydrogen) atoms. The number of hydrogen-bond acceptors (Lipinski definition) is 3. The van der Waals surface area contributed by atoms with E-state index in [9.17, 15) is 13.2 Å². The maximum absolute atomic E-state index is 12.2. The predicted molar refractivity (Wildman–Crippen MR) is 102 cm³/mol. The first-order valence-electron chi connectivity index (χ1n) is 7.58. The summed E-state index contributed by atoms with van der Waals surface area (Å²) in [6.45, 7) is 1.87. The van der Waals surface area contributed by atoms with Gasteiger partial charge in [-0.05, 0) is 52.7 Å². The first-order valence-corrected chi connectivity index (χ1v) is 10.2. The molecule has 1 atom stereocenters. The average molecular weight is 446 g/mol. The molecule has 2 N–H and O–H groups in total. The lowest BCUT2D eigenvalue weighted by atomic mass is 10.1. The van der Waals surface area contributed by atoms with Gasteiger partial charge < -0.3 is 5.32 Å². The second kappa shape index (κ2) is 8.80. The van der Waals surface area contributed by atoms with Crippen molar-refractivity contribution < 1.29 is 13.2 Å². The lowest BCUT2D eigenvalue weighted by Crippen LogP contribution is -2.32. The van der Waals surface area contributed by atoms with Gasteiger partial charge in [0.05, 0.1) is 10.9 Å². The summed E-state index contributed by atoms with van der Waals surface area (Å²) < 4.78 is 27.4. The number of halogens is 2. The van der Waals surface area contributed by atoms with E-state index in [0.29, 0.717) is 9.50 Å². The van der Waals surface area contributed by atoms with Crippen molar-refractivity contribution in [1.29, 1.82) is 0 Å². The molecule has 5 nitrogen and oxygen atoms in total. The summed E-state index contributed by atoms with van der Waals surface area (Å²) in [5.74, 6) is -0.239. The summed E-state index contributed by atoms with van der Waals surface area (Å²) in [6.07, 6.45) is 0.0433. The van der Waals surface area contributed by atoms with Crippen LogP contribution in [0.4, 0.5) is 0 Å². The van der Waals surface area contributed by atoms with Gasteiger partial charge in [0.25, 0.3) is 0 Å². The minimum Gasteiger partial charge on any atom is -0.350 e. The molecule has 1 amide bonds. The van der Waals surface area contributed by atoms with Gasteiger partial charge >= 0.3 is 0 Å². The van der Waals surface area contributed by atoms with Crippen LogP contribution in [0.5, 0.6) is 0 Å². The quantitative estimate of drug-likeness (QED) is 0.683. The Labute approximate surface area is 161 Å². The minimum atomic E-state index is -3.66. The summed E-state index contributed by atoms with van der Waals surface area (Å²) in [5, 5.41) is 3.46. The highest BCUT2D eigenvalue weighted by Gasteiger charge is 2.17. The molecule has 0 heterocycles. The fourth-order valence-electron chi connectivity index (χ4n) is 2.19.